The number of H-pyrrole nitrogens is 1. The summed E-state index contributed by atoms with van der Waals surface area (Å²) in [7, 11) is 0. The Kier molecular flexibility index (Phi) is 5.85. The van der Waals surface area contributed by atoms with Gasteiger partial charge in [0.25, 0.3) is 0 Å². The Morgan fingerprint density at radius 2 is 1.96 bits per heavy atom. The van der Waals surface area contributed by atoms with Gasteiger partial charge < -0.3 is 5.32 Å². The number of Topliss-reactive ketones (excluding diaryl/α,β-unsaturated/α-hetero) is 1. The lowest BCUT2D eigenvalue weighted by molar-refractivity contribution is -0.113. The molecular formula is C18H15BrN4O2S. The van der Waals surface area contributed by atoms with Crippen LogP contribution in [0.15, 0.2) is 58.2 Å². The number of halogens is 1. The average molecular weight is 431 g/mol. The number of thioether (sulfide) groups is 1. The van der Waals surface area contributed by atoms with E-state index in [0.717, 1.165) is 10.0 Å². The van der Waals surface area contributed by atoms with E-state index in [0.29, 0.717) is 22.2 Å². The lowest BCUT2D eigenvalue weighted by Crippen LogP contribution is -2.14. The van der Waals surface area contributed by atoms with Crippen LogP contribution >= 0.6 is 27.7 Å². The predicted molar refractivity (Wildman–Crippen MR) is 105 cm³/mol. The van der Waals surface area contributed by atoms with Crippen molar-refractivity contribution >= 4 is 45.1 Å². The molecule has 0 aliphatic carbocycles. The number of hydrogen-bond acceptors (Lipinski definition) is 5. The van der Waals surface area contributed by atoms with Gasteiger partial charge in [0.15, 0.2) is 11.6 Å². The fourth-order valence-electron chi connectivity index (χ4n) is 2.19. The molecule has 8 heteroatoms. The van der Waals surface area contributed by atoms with Crippen LogP contribution in [-0.2, 0) is 4.79 Å². The molecule has 0 fully saturated rings. The molecule has 0 aliphatic rings. The standard InChI is InChI=1S/C18H15BrN4O2S/c1-11(24)12-5-7-15(8-6-12)20-16(25)10-26-18-21-17(22-23-18)13-3-2-4-14(19)9-13/h2-9H,10H2,1H3,(H,20,25)(H,21,22,23). The second kappa shape index (κ2) is 8.29. The van der Waals surface area contributed by atoms with E-state index in [1.54, 1.807) is 24.3 Å². The van der Waals surface area contributed by atoms with Crippen molar-refractivity contribution in [2.75, 3.05) is 11.1 Å². The summed E-state index contributed by atoms with van der Waals surface area (Å²) >= 11 is 4.67. The van der Waals surface area contributed by atoms with Crippen molar-refractivity contribution in [3.05, 3.63) is 58.6 Å². The molecule has 0 bridgehead atoms. The second-order valence-electron chi connectivity index (χ2n) is 5.45. The third kappa shape index (κ3) is 4.80. The van der Waals surface area contributed by atoms with Crippen molar-refractivity contribution in [3.8, 4) is 11.4 Å². The molecule has 132 valence electrons. The van der Waals surface area contributed by atoms with E-state index in [1.807, 2.05) is 24.3 Å². The maximum atomic E-state index is 12.1. The highest BCUT2D eigenvalue weighted by molar-refractivity contribution is 9.10. The van der Waals surface area contributed by atoms with Crippen LogP contribution in [0.2, 0.25) is 0 Å². The summed E-state index contributed by atoms with van der Waals surface area (Å²) in [5.74, 6) is 0.655. The summed E-state index contributed by atoms with van der Waals surface area (Å²) in [6, 6.07) is 14.5. The number of carbonyl (C=O) groups is 2. The number of anilines is 1. The van der Waals surface area contributed by atoms with E-state index in [4.69, 9.17) is 0 Å². The quantitative estimate of drug-likeness (QED) is 0.452. The van der Waals surface area contributed by atoms with Crippen molar-refractivity contribution in [2.45, 2.75) is 12.1 Å². The minimum Gasteiger partial charge on any atom is -0.325 e. The van der Waals surface area contributed by atoms with Crippen molar-refractivity contribution < 1.29 is 9.59 Å². The molecular weight excluding hydrogens is 416 g/mol. The summed E-state index contributed by atoms with van der Waals surface area (Å²) in [4.78, 5) is 27.7. The van der Waals surface area contributed by atoms with Crippen LogP contribution in [0, 0.1) is 0 Å². The van der Waals surface area contributed by atoms with E-state index < -0.39 is 0 Å². The smallest absolute Gasteiger partial charge is 0.234 e. The number of hydrogen-bond donors (Lipinski definition) is 2. The van der Waals surface area contributed by atoms with Crippen molar-refractivity contribution in [1.29, 1.82) is 0 Å². The molecule has 3 rings (SSSR count). The van der Waals surface area contributed by atoms with E-state index in [2.05, 4.69) is 36.4 Å². The topological polar surface area (TPSA) is 87.7 Å². The number of carbonyl (C=O) groups excluding carboxylic acids is 2. The number of benzene rings is 2. The molecule has 1 heterocycles. The largest absolute Gasteiger partial charge is 0.325 e. The SMILES string of the molecule is CC(=O)c1ccc(NC(=O)CSc2n[nH]c(-c3cccc(Br)c3)n2)cc1. The van der Waals surface area contributed by atoms with Gasteiger partial charge in [-0.15, -0.1) is 5.10 Å². The molecule has 1 amide bonds. The first-order chi connectivity index (χ1) is 12.5. The molecule has 3 aromatic rings. The van der Waals surface area contributed by atoms with E-state index in [9.17, 15) is 9.59 Å². The number of rotatable bonds is 6. The lowest BCUT2D eigenvalue weighted by Gasteiger charge is -2.04. The van der Waals surface area contributed by atoms with E-state index in [1.165, 1.54) is 18.7 Å². The zero-order chi connectivity index (χ0) is 18.5. The highest BCUT2D eigenvalue weighted by atomic mass is 79.9. The molecule has 0 atom stereocenters. The van der Waals surface area contributed by atoms with Crippen LogP contribution in [0.25, 0.3) is 11.4 Å². The van der Waals surface area contributed by atoms with Gasteiger partial charge >= 0.3 is 0 Å². The molecule has 0 aliphatic heterocycles. The number of aromatic amines is 1. The van der Waals surface area contributed by atoms with Gasteiger partial charge in [-0.25, -0.2) is 4.98 Å². The van der Waals surface area contributed by atoms with Gasteiger partial charge in [-0.2, -0.15) is 0 Å². The fraction of sp³-hybridized carbons (Fsp3) is 0.111. The van der Waals surface area contributed by atoms with Gasteiger partial charge in [-0.1, -0.05) is 39.8 Å². The van der Waals surface area contributed by atoms with Gasteiger partial charge in [-0.3, -0.25) is 14.7 Å². The number of ketones is 1. The number of nitrogens with zero attached hydrogens (tertiary/aromatic N) is 2. The maximum absolute atomic E-state index is 12.1. The molecule has 1 aromatic heterocycles. The molecule has 2 N–H and O–H groups in total. The van der Waals surface area contributed by atoms with Gasteiger partial charge in [-0.05, 0) is 43.3 Å². The first-order valence-corrected chi connectivity index (χ1v) is 9.51. The van der Waals surface area contributed by atoms with Gasteiger partial charge in [0.1, 0.15) is 0 Å². The first-order valence-electron chi connectivity index (χ1n) is 7.73. The summed E-state index contributed by atoms with van der Waals surface area (Å²) in [6.45, 7) is 1.50. The second-order valence-corrected chi connectivity index (χ2v) is 7.31. The van der Waals surface area contributed by atoms with Gasteiger partial charge in [0.2, 0.25) is 11.1 Å². The number of aromatic nitrogens is 3. The molecule has 0 radical (unpaired) electrons. The first kappa shape index (κ1) is 18.3. The van der Waals surface area contributed by atoms with Crippen LogP contribution in [0.3, 0.4) is 0 Å². The van der Waals surface area contributed by atoms with E-state index >= 15 is 0 Å². The Morgan fingerprint density at radius 1 is 1.19 bits per heavy atom. The molecule has 0 spiro atoms. The van der Waals surface area contributed by atoms with Crippen molar-refractivity contribution in [1.82, 2.24) is 15.2 Å². The van der Waals surface area contributed by atoms with Crippen molar-refractivity contribution in [2.24, 2.45) is 0 Å². The Bertz CT molecular complexity index is 940. The molecule has 0 saturated heterocycles. The van der Waals surface area contributed by atoms with Gasteiger partial charge in [0.05, 0.1) is 5.75 Å². The van der Waals surface area contributed by atoms with Gasteiger partial charge in [0, 0.05) is 21.3 Å². The van der Waals surface area contributed by atoms with Crippen LogP contribution in [0.4, 0.5) is 5.69 Å². The highest BCUT2D eigenvalue weighted by Crippen LogP contribution is 2.22. The Labute approximate surface area is 162 Å². The van der Waals surface area contributed by atoms with Crippen LogP contribution in [-0.4, -0.2) is 32.6 Å². The Hall–Kier alpha value is -2.45. The third-order valence-electron chi connectivity index (χ3n) is 3.47. The number of amides is 1. The number of nitrogens with one attached hydrogen (secondary N) is 2. The molecule has 26 heavy (non-hydrogen) atoms. The Morgan fingerprint density at radius 3 is 2.65 bits per heavy atom. The molecule has 2 aromatic carbocycles. The monoisotopic (exact) mass is 430 g/mol. The Balaban J connectivity index is 1.55. The average Bonchev–Trinajstić information content (AvgIpc) is 3.09. The highest BCUT2D eigenvalue weighted by Gasteiger charge is 2.10. The van der Waals surface area contributed by atoms with Crippen LogP contribution in [0.5, 0.6) is 0 Å². The maximum Gasteiger partial charge on any atom is 0.234 e. The molecule has 0 unspecified atom stereocenters. The summed E-state index contributed by atoms with van der Waals surface area (Å²) in [6.07, 6.45) is 0. The summed E-state index contributed by atoms with van der Waals surface area (Å²) in [5, 5.41) is 10.3. The zero-order valence-electron chi connectivity index (χ0n) is 13.8. The predicted octanol–water partition coefficient (Wildman–Crippen LogP) is 4.17. The van der Waals surface area contributed by atoms with Crippen LogP contribution in [0.1, 0.15) is 17.3 Å². The fourth-order valence-corrected chi connectivity index (χ4v) is 3.19. The normalized spacial score (nSPS) is 10.5. The zero-order valence-corrected chi connectivity index (χ0v) is 16.2. The minimum absolute atomic E-state index is 0.00992. The third-order valence-corrected chi connectivity index (χ3v) is 4.81. The summed E-state index contributed by atoms with van der Waals surface area (Å²) < 4.78 is 0.954. The van der Waals surface area contributed by atoms with Crippen molar-refractivity contribution in [3.63, 3.8) is 0 Å². The molecule has 0 saturated carbocycles. The van der Waals surface area contributed by atoms with Crippen LogP contribution < -0.4 is 5.32 Å². The molecule has 6 nitrogen and oxygen atoms in total. The lowest BCUT2D eigenvalue weighted by atomic mass is 10.1. The van der Waals surface area contributed by atoms with E-state index in [-0.39, 0.29) is 17.4 Å². The minimum atomic E-state index is -0.167. The summed E-state index contributed by atoms with van der Waals surface area (Å²) in [5.41, 5.74) is 2.16.